The minimum absolute atomic E-state index is 0.150. The molecular formula is C34H38N4O5Si. The van der Waals surface area contributed by atoms with E-state index in [1.165, 1.54) is 23.0 Å². The third-order valence-electron chi connectivity index (χ3n) is 7.69. The molecule has 3 aromatic carbocycles. The summed E-state index contributed by atoms with van der Waals surface area (Å²) in [4.78, 5) is 26.6. The molecule has 5 aromatic rings. The number of nitrogens with zero attached hydrogens (tertiary/aromatic N) is 2. The summed E-state index contributed by atoms with van der Waals surface area (Å²) >= 11 is 0. The van der Waals surface area contributed by atoms with E-state index >= 15 is 0 Å². The zero-order valence-corrected chi connectivity index (χ0v) is 26.5. The number of hydrogen-bond donors (Lipinski definition) is 2. The van der Waals surface area contributed by atoms with E-state index in [1.54, 1.807) is 26.1 Å². The summed E-state index contributed by atoms with van der Waals surface area (Å²) < 4.78 is 36.7. The number of carbonyl (C=O) groups excluding carboxylic acids is 2. The van der Waals surface area contributed by atoms with Crippen LogP contribution in [0, 0.1) is 6.92 Å². The van der Waals surface area contributed by atoms with Gasteiger partial charge in [0.15, 0.2) is 0 Å². The van der Waals surface area contributed by atoms with Crippen LogP contribution >= 0.6 is 0 Å². The molecule has 0 fully saturated rings. The number of fused-ring (bicyclic) bond motifs is 1. The second kappa shape index (κ2) is 12.5. The van der Waals surface area contributed by atoms with Gasteiger partial charge in [0.1, 0.15) is 29.7 Å². The number of aryl methyl sites for hydroxylation is 2. The molecule has 5 rings (SSSR count). The lowest BCUT2D eigenvalue weighted by Gasteiger charge is -2.43. The average Bonchev–Trinajstić information content (AvgIpc) is 3.59. The van der Waals surface area contributed by atoms with Crippen LogP contribution in [0.2, 0.25) is 5.04 Å². The highest BCUT2D eigenvalue weighted by Gasteiger charge is 2.50. The first kappa shape index (κ1) is 28.1. The maximum absolute atomic E-state index is 13.8. The first-order valence-electron chi connectivity index (χ1n) is 15.3. The van der Waals surface area contributed by atoms with Crippen LogP contribution in [-0.2, 0) is 22.8 Å². The number of furan rings is 1. The number of primary amides is 1. The fraction of sp³-hybridized carbons (Fsp3) is 0.265. The zero-order chi connectivity index (χ0) is 33.3. The molecule has 0 saturated heterocycles. The van der Waals surface area contributed by atoms with Crippen molar-refractivity contribution in [1.82, 2.24) is 15.1 Å². The third-order valence-corrected chi connectivity index (χ3v) is 12.7. The molecule has 0 saturated carbocycles. The van der Waals surface area contributed by atoms with E-state index in [1.807, 2.05) is 60.7 Å². The summed E-state index contributed by atoms with van der Waals surface area (Å²) in [6.45, 7) is 5.65. The highest BCUT2D eigenvalue weighted by Crippen LogP contribution is 2.37. The molecule has 2 amide bonds. The van der Waals surface area contributed by atoms with Crippen molar-refractivity contribution in [3.05, 3.63) is 108 Å². The fourth-order valence-corrected chi connectivity index (χ4v) is 10.1. The van der Waals surface area contributed by atoms with Crippen molar-refractivity contribution < 1.29 is 25.9 Å². The average molecular weight is 613 g/mol. The molecule has 9 nitrogen and oxygen atoms in total. The monoisotopic (exact) mass is 612 g/mol. The maximum atomic E-state index is 13.8. The summed E-state index contributed by atoms with van der Waals surface area (Å²) in [5.74, 6) is -0.839. The number of amides is 2. The standard InChI is InChI=1S/C34H38N4O5Si/c1-23-31(28-20-25(16-17-30(28)43-23)41-21-24-18-19-36-38(24)5)33(40)37-29(32(35)39)22-42-44(34(2,3)4,26-12-8-6-9-13-26)27-14-10-7-11-15-27/h6-20,29H,21-22H2,1-5H3,(H2,35,39)(H,37,40)/t29-/m0/s1/i21D2. The lowest BCUT2D eigenvalue weighted by atomic mass is 10.1. The molecule has 0 aliphatic carbocycles. The van der Waals surface area contributed by atoms with Crippen LogP contribution in [0.1, 0.15) is 45.3 Å². The lowest BCUT2D eigenvalue weighted by Crippen LogP contribution is -2.67. The second-order valence-electron chi connectivity index (χ2n) is 11.6. The van der Waals surface area contributed by atoms with Gasteiger partial charge in [-0.15, -0.1) is 0 Å². The Labute approximate surface area is 260 Å². The summed E-state index contributed by atoms with van der Waals surface area (Å²) in [5, 5.41) is 8.89. The van der Waals surface area contributed by atoms with E-state index in [-0.39, 0.29) is 28.7 Å². The van der Waals surface area contributed by atoms with Gasteiger partial charge in [-0.1, -0.05) is 81.4 Å². The van der Waals surface area contributed by atoms with Gasteiger partial charge < -0.3 is 24.6 Å². The summed E-state index contributed by atoms with van der Waals surface area (Å²) in [5.41, 5.74) is 6.65. The van der Waals surface area contributed by atoms with Crippen molar-refractivity contribution >= 4 is 41.5 Å². The highest BCUT2D eigenvalue weighted by molar-refractivity contribution is 6.99. The van der Waals surface area contributed by atoms with Crippen LogP contribution in [0.5, 0.6) is 5.75 Å². The molecule has 0 radical (unpaired) electrons. The van der Waals surface area contributed by atoms with Gasteiger partial charge in [0, 0.05) is 18.6 Å². The van der Waals surface area contributed by atoms with Crippen LogP contribution in [0.3, 0.4) is 0 Å². The molecule has 1 atom stereocenters. The first-order chi connectivity index (χ1) is 21.7. The molecule has 228 valence electrons. The summed E-state index contributed by atoms with van der Waals surface area (Å²) in [6.07, 6.45) is 1.48. The third kappa shape index (κ3) is 6.04. The number of ether oxygens (including phenoxy) is 1. The normalized spacial score (nSPS) is 13.7. The van der Waals surface area contributed by atoms with Crippen molar-refractivity contribution in [2.75, 3.05) is 6.61 Å². The number of hydrogen-bond acceptors (Lipinski definition) is 6. The van der Waals surface area contributed by atoms with Gasteiger partial charge in [0.05, 0.1) is 20.6 Å². The quantitative estimate of drug-likeness (QED) is 0.216. The number of rotatable bonds is 11. The van der Waals surface area contributed by atoms with Crippen molar-refractivity contribution in [1.29, 1.82) is 0 Å². The first-order valence-corrected chi connectivity index (χ1v) is 16.2. The van der Waals surface area contributed by atoms with Gasteiger partial charge in [0.25, 0.3) is 14.2 Å². The van der Waals surface area contributed by atoms with Gasteiger partial charge in [-0.05, 0) is 46.6 Å². The van der Waals surface area contributed by atoms with E-state index in [0.29, 0.717) is 16.7 Å². The molecule has 2 heterocycles. The van der Waals surface area contributed by atoms with Gasteiger partial charge in [-0.3, -0.25) is 14.3 Å². The Hall–Kier alpha value is -4.67. The van der Waals surface area contributed by atoms with Crippen LogP contribution < -0.4 is 26.2 Å². The van der Waals surface area contributed by atoms with Crippen LogP contribution in [0.15, 0.2) is 95.5 Å². The molecule has 2 aromatic heterocycles. The zero-order valence-electron chi connectivity index (χ0n) is 27.5. The van der Waals surface area contributed by atoms with E-state index in [2.05, 4.69) is 31.2 Å². The van der Waals surface area contributed by atoms with Crippen molar-refractivity contribution in [2.24, 2.45) is 12.8 Å². The molecule has 44 heavy (non-hydrogen) atoms. The Morgan fingerprint density at radius 3 is 2.23 bits per heavy atom. The minimum Gasteiger partial charge on any atom is -0.487 e. The Morgan fingerprint density at radius 2 is 1.68 bits per heavy atom. The largest absolute Gasteiger partial charge is 0.487 e. The number of benzene rings is 3. The number of aromatic nitrogens is 2. The van der Waals surface area contributed by atoms with E-state index in [0.717, 1.165) is 10.4 Å². The lowest BCUT2D eigenvalue weighted by molar-refractivity contribution is -0.120. The highest BCUT2D eigenvalue weighted by atomic mass is 28.4. The number of carbonyl (C=O) groups is 2. The minimum atomic E-state index is -3.02. The molecular weight excluding hydrogens is 572 g/mol. The molecule has 0 aliphatic rings. The smallest absolute Gasteiger partial charge is 0.261 e. The molecule has 0 aliphatic heterocycles. The predicted octanol–water partition coefficient (Wildman–Crippen LogP) is 4.21. The Kier molecular flexibility index (Phi) is 8.00. The SMILES string of the molecule is [2H]C([2H])(Oc1ccc2oc(C)c(C(=O)N[C@@H](CO[Si](c3ccccc3)(c3ccccc3)C(C)(C)C)C(N)=O)c2c1)c1ccnn1C. The van der Waals surface area contributed by atoms with Gasteiger partial charge in [-0.25, -0.2) is 0 Å². The van der Waals surface area contributed by atoms with E-state index in [9.17, 15) is 9.59 Å². The second-order valence-corrected chi connectivity index (χ2v) is 15.9. The van der Waals surface area contributed by atoms with Gasteiger partial charge in [0.2, 0.25) is 5.91 Å². The topological polar surface area (TPSA) is 122 Å². The van der Waals surface area contributed by atoms with Gasteiger partial charge in [-0.2, -0.15) is 5.10 Å². The molecule has 3 N–H and O–H groups in total. The molecule has 0 bridgehead atoms. The molecule has 0 spiro atoms. The van der Waals surface area contributed by atoms with Crippen molar-refractivity contribution in [3.63, 3.8) is 0 Å². The Balaban J connectivity index is 1.45. The number of nitrogens with two attached hydrogens (primary N) is 1. The maximum Gasteiger partial charge on any atom is 0.261 e. The van der Waals surface area contributed by atoms with Crippen molar-refractivity contribution in [3.8, 4) is 5.75 Å². The number of nitrogens with one attached hydrogen (secondary N) is 1. The predicted molar refractivity (Wildman–Crippen MR) is 173 cm³/mol. The summed E-state index contributed by atoms with van der Waals surface area (Å²) in [6, 6.07) is 25.0. The fourth-order valence-electron chi connectivity index (χ4n) is 5.53. The summed E-state index contributed by atoms with van der Waals surface area (Å²) in [7, 11) is -1.40. The van der Waals surface area contributed by atoms with Crippen LogP contribution in [-0.4, -0.2) is 42.6 Å². The molecule has 0 unspecified atom stereocenters. The van der Waals surface area contributed by atoms with E-state index < -0.39 is 32.7 Å². The van der Waals surface area contributed by atoms with Crippen LogP contribution in [0.4, 0.5) is 0 Å². The van der Waals surface area contributed by atoms with Crippen molar-refractivity contribution in [2.45, 2.75) is 45.3 Å². The Bertz CT molecular complexity index is 1810. The van der Waals surface area contributed by atoms with Crippen LogP contribution in [0.25, 0.3) is 11.0 Å². The van der Waals surface area contributed by atoms with Gasteiger partial charge >= 0.3 is 0 Å². The molecule has 10 heteroatoms. The Morgan fingerprint density at radius 1 is 1.05 bits per heavy atom. The van der Waals surface area contributed by atoms with E-state index in [4.69, 9.17) is 22.1 Å².